The van der Waals surface area contributed by atoms with Crippen LogP contribution in [0.2, 0.25) is 19.6 Å². The Morgan fingerprint density at radius 1 is 0.905 bits per heavy atom. The molecule has 122 valence electrons. The minimum absolute atomic E-state index is 0. The topological polar surface area (TPSA) is 0 Å². The molecule has 1 rings (SSSR count). The molecule has 0 saturated heterocycles. The molecule has 1 saturated carbocycles. The van der Waals surface area contributed by atoms with Crippen LogP contribution in [0.1, 0.15) is 59.8 Å². The second-order valence-corrected chi connectivity index (χ2v) is 12.5. The lowest BCUT2D eigenvalue weighted by molar-refractivity contribution is 0.419. The van der Waals surface area contributed by atoms with Crippen LogP contribution in [-0.4, -0.2) is 25.4 Å². The molecule has 0 unspecified atom stereocenters. The van der Waals surface area contributed by atoms with Gasteiger partial charge in [-0.15, -0.1) is 0 Å². The summed E-state index contributed by atoms with van der Waals surface area (Å²) in [4.78, 5) is 0. The fourth-order valence-electron chi connectivity index (χ4n) is 1.67. The average molecular weight is 323 g/mol. The zero-order valence-electron chi connectivity index (χ0n) is 15.8. The monoisotopic (exact) mass is 322 g/mol. The molecule has 0 aliphatic heterocycles. The van der Waals surface area contributed by atoms with Gasteiger partial charge in [-0.25, -0.2) is 0 Å². The van der Waals surface area contributed by atoms with Crippen LogP contribution in [0.3, 0.4) is 0 Å². The van der Waals surface area contributed by atoms with Crippen molar-refractivity contribution in [3.05, 3.63) is 25.6 Å². The van der Waals surface area contributed by atoms with Gasteiger partial charge in [0.2, 0.25) is 0 Å². The highest BCUT2D eigenvalue weighted by Crippen LogP contribution is 2.24. The Hall–Kier alpha value is 0.489. The van der Waals surface area contributed by atoms with Crippen molar-refractivity contribution in [3.63, 3.8) is 0 Å². The molecule has 0 amide bonds. The number of rotatable bonds is 2. The molecule has 1 aliphatic carbocycles. The summed E-state index contributed by atoms with van der Waals surface area (Å²) in [5.41, 5.74) is 3.61. The molecule has 21 heavy (non-hydrogen) atoms. The number of hydrogen-bond donors (Lipinski definition) is 0. The molecule has 2 heteroatoms. The molecule has 6 radical (unpaired) electrons. The van der Waals surface area contributed by atoms with Gasteiger partial charge < -0.3 is 0 Å². The third-order valence-corrected chi connectivity index (χ3v) is 3.43. The van der Waals surface area contributed by atoms with Gasteiger partial charge in [0.05, 0.1) is 8.07 Å². The molecule has 0 aromatic rings. The van der Waals surface area contributed by atoms with E-state index in [-0.39, 0.29) is 17.4 Å². The molecule has 0 nitrogen and oxygen atoms in total. The molecular weight excluding hydrogens is 283 g/mol. The summed E-state index contributed by atoms with van der Waals surface area (Å²) < 4.78 is 0. The molecule has 0 aromatic carbocycles. The highest BCUT2D eigenvalue weighted by molar-refractivity contribution is 6.78. The molecule has 1 aliphatic rings. The largest absolute Gasteiger partial charge is 0.0823 e. The van der Waals surface area contributed by atoms with Crippen LogP contribution in [0, 0.1) is 37.3 Å². The Balaban J connectivity index is -0.000000304. The van der Waals surface area contributed by atoms with Gasteiger partial charge in [0.15, 0.2) is 0 Å². The van der Waals surface area contributed by atoms with Crippen molar-refractivity contribution in [2.75, 3.05) is 0 Å². The molecule has 0 spiro atoms. The van der Waals surface area contributed by atoms with Crippen molar-refractivity contribution in [2.24, 2.45) is 17.8 Å². The van der Waals surface area contributed by atoms with E-state index in [9.17, 15) is 0 Å². The van der Waals surface area contributed by atoms with E-state index in [1.54, 1.807) is 0 Å². The van der Waals surface area contributed by atoms with Crippen LogP contribution in [-0.2, 0) is 0 Å². The van der Waals surface area contributed by atoms with E-state index in [2.05, 4.69) is 73.0 Å². The summed E-state index contributed by atoms with van der Waals surface area (Å²) in [7, 11) is -1.05. The van der Waals surface area contributed by atoms with Crippen molar-refractivity contribution >= 4 is 25.4 Å². The first kappa shape index (κ1) is 26.4. The second-order valence-electron chi connectivity index (χ2n) is 7.75. The highest BCUT2D eigenvalue weighted by Gasteiger charge is 2.13. The minimum Gasteiger partial charge on any atom is -0.0823 e. The van der Waals surface area contributed by atoms with Gasteiger partial charge in [0.25, 0.3) is 0 Å². The summed E-state index contributed by atoms with van der Waals surface area (Å²) in [6, 6.07) is 0. The first-order valence-electron chi connectivity index (χ1n) is 8.31. The summed E-state index contributed by atoms with van der Waals surface area (Å²) in [5.74, 6) is 2.03. The summed E-state index contributed by atoms with van der Waals surface area (Å²) in [6.07, 6.45) is 9.54. The zero-order valence-corrected chi connectivity index (χ0v) is 18.0. The normalized spacial score (nSPS) is 16.0. The predicted molar refractivity (Wildman–Crippen MR) is 104 cm³/mol. The maximum atomic E-state index is 3.64. The van der Waals surface area contributed by atoms with Gasteiger partial charge in [-0.05, 0) is 30.6 Å². The third-order valence-electron chi connectivity index (χ3n) is 2.40. The van der Waals surface area contributed by atoms with Gasteiger partial charge in [-0.3, -0.25) is 0 Å². The molecule has 1 fully saturated rings. The van der Waals surface area contributed by atoms with Gasteiger partial charge in [0, 0.05) is 17.4 Å². The fourth-order valence-corrected chi connectivity index (χ4v) is 2.40. The molecule has 0 aromatic heterocycles. The Kier molecular flexibility index (Phi) is 19.3. The van der Waals surface area contributed by atoms with Crippen LogP contribution in [0.5, 0.6) is 0 Å². The van der Waals surface area contributed by atoms with Crippen LogP contribution in [0.15, 0.2) is 6.08 Å². The first-order valence-corrected chi connectivity index (χ1v) is 11.8. The van der Waals surface area contributed by atoms with Gasteiger partial charge in [-0.2, -0.15) is 0 Å². The van der Waals surface area contributed by atoms with Crippen LogP contribution >= 0.6 is 0 Å². The van der Waals surface area contributed by atoms with E-state index in [1.807, 2.05) is 0 Å². The Labute approximate surface area is 148 Å². The maximum Gasteiger partial charge on any atom is 0.0770 e. The van der Waals surface area contributed by atoms with Gasteiger partial charge in [-0.1, -0.05) is 92.2 Å². The summed E-state index contributed by atoms with van der Waals surface area (Å²) >= 11 is 0. The third kappa shape index (κ3) is 33.4. The van der Waals surface area contributed by atoms with Gasteiger partial charge >= 0.3 is 0 Å². The van der Waals surface area contributed by atoms with E-state index in [0.29, 0.717) is 11.8 Å². The Morgan fingerprint density at radius 3 is 1.52 bits per heavy atom. The van der Waals surface area contributed by atoms with Crippen LogP contribution < -0.4 is 0 Å². The maximum absolute atomic E-state index is 3.64. The molecule has 0 bridgehead atoms. The standard InChI is InChI=1S/C11H21Si.2C4H9.Al/c1-12(2,3)10-9-11-7-5-4-6-8-11;2*1-4(2)3;/h9,11H,4-8H2,1-3H3;2*4H,1H2,2-3H3;. The molecule has 0 heterocycles. The zero-order chi connectivity index (χ0) is 16.2. The highest BCUT2D eigenvalue weighted by atomic mass is 28.3. The van der Waals surface area contributed by atoms with E-state index >= 15 is 0 Å². The van der Waals surface area contributed by atoms with Crippen molar-refractivity contribution in [3.8, 4) is 0 Å². The second kappa shape index (κ2) is 15.4. The lowest BCUT2D eigenvalue weighted by atomic mass is 9.90. The fraction of sp³-hybridized carbons (Fsp3) is 0.789. The van der Waals surface area contributed by atoms with E-state index in [4.69, 9.17) is 0 Å². The number of hydrogen-bond acceptors (Lipinski definition) is 0. The number of allylic oxidation sites excluding steroid dienone is 1. The average Bonchev–Trinajstić information content (AvgIpc) is 2.25. The smallest absolute Gasteiger partial charge is 0.0770 e. The van der Waals surface area contributed by atoms with E-state index in [0.717, 1.165) is 5.92 Å². The SMILES string of the molecule is C[Si](C)(C)[C]=CC1CCCCC1.[Al].[CH2]C(C)C.[CH2]C(C)C. The van der Waals surface area contributed by atoms with E-state index in [1.165, 1.54) is 32.1 Å². The minimum atomic E-state index is -1.05. The quantitative estimate of drug-likeness (QED) is 0.518. The predicted octanol–water partition coefficient (Wildman–Crippen LogP) is 6.38. The molecule has 0 N–H and O–H groups in total. The summed E-state index contributed by atoms with van der Waals surface area (Å²) in [5, 5.41) is 0. The van der Waals surface area contributed by atoms with Crippen molar-refractivity contribution < 1.29 is 0 Å². The summed E-state index contributed by atoms with van der Waals surface area (Å²) in [6.45, 7) is 22.6. The lowest BCUT2D eigenvalue weighted by Crippen LogP contribution is -2.17. The molecule has 0 atom stereocenters. The van der Waals surface area contributed by atoms with Crippen LogP contribution in [0.25, 0.3) is 0 Å². The van der Waals surface area contributed by atoms with E-state index < -0.39 is 8.07 Å². The van der Waals surface area contributed by atoms with Crippen molar-refractivity contribution in [2.45, 2.75) is 79.4 Å². The van der Waals surface area contributed by atoms with Crippen molar-refractivity contribution in [1.82, 2.24) is 0 Å². The lowest BCUT2D eigenvalue weighted by Gasteiger charge is -2.19. The Morgan fingerprint density at radius 2 is 1.24 bits per heavy atom. The van der Waals surface area contributed by atoms with Gasteiger partial charge in [0.1, 0.15) is 0 Å². The molecular formula is C19H39AlSi. The first-order chi connectivity index (χ1) is 9.04. The van der Waals surface area contributed by atoms with Crippen molar-refractivity contribution in [1.29, 1.82) is 0 Å². The van der Waals surface area contributed by atoms with Crippen LogP contribution in [0.4, 0.5) is 0 Å². The Bertz CT molecular complexity index is 209.